The van der Waals surface area contributed by atoms with Gasteiger partial charge in [-0.15, -0.1) is 0 Å². The van der Waals surface area contributed by atoms with Gasteiger partial charge in [-0.1, -0.05) is 0 Å². The SMILES string of the molecule is O=C(O)CCNC(=O)c1ccnc(C(F)(F)F)n1. The van der Waals surface area contributed by atoms with E-state index in [1.165, 1.54) is 0 Å². The van der Waals surface area contributed by atoms with Crippen molar-refractivity contribution >= 4 is 11.9 Å². The van der Waals surface area contributed by atoms with Crippen LogP contribution < -0.4 is 5.32 Å². The molecule has 0 unspecified atom stereocenters. The molecule has 0 fully saturated rings. The minimum absolute atomic E-state index is 0.195. The summed E-state index contributed by atoms with van der Waals surface area (Å²) >= 11 is 0. The first-order valence-corrected chi connectivity index (χ1v) is 4.71. The monoisotopic (exact) mass is 263 g/mol. The van der Waals surface area contributed by atoms with Crippen molar-refractivity contribution in [3.63, 3.8) is 0 Å². The number of aliphatic carboxylic acids is 1. The Balaban J connectivity index is 2.72. The fourth-order valence-corrected chi connectivity index (χ4v) is 0.995. The van der Waals surface area contributed by atoms with Crippen LogP contribution in [0.3, 0.4) is 0 Å². The maximum atomic E-state index is 12.3. The highest BCUT2D eigenvalue weighted by molar-refractivity contribution is 5.92. The molecule has 1 rings (SSSR count). The summed E-state index contributed by atoms with van der Waals surface area (Å²) in [5.41, 5.74) is -0.470. The van der Waals surface area contributed by atoms with Crippen LogP contribution in [0.5, 0.6) is 0 Å². The third-order valence-corrected chi connectivity index (χ3v) is 1.77. The van der Waals surface area contributed by atoms with E-state index in [9.17, 15) is 22.8 Å². The van der Waals surface area contributed by atoms with Crippen molar-refractivity contribution in [3.8, 4) is 0 Å². The number of carboxylic acid groups (broad SMARTS) is 1. The average Bonchev–Trinajstić information content (AvgIpc) is 2.27. The van der Waals surface area contributed by atoms with Crippen LogP contribution in [0.2, 0.25) is 0 Å². The van der Waals surface area contributed by atoms with Gasteiger partial charge in [-0.3, -0.25) is 9.59 Å². The van der Waals surface area contributed by atoms with Crippen LogP contribution in [0.4, 0.5) is 13.2 Å². The molecule has 2 N–H and O–H groups in total. The topological polar surface area (TPSA) is 92.2 Å². The first kappa shape index (κ1) is 13.9. The van der Waals surface area contributed by atoms with Gasteiger partial charge in [0.25, 0.3) is 5.91 Å². The fourth-order valence-electron chi connectivity index (χ4n) is 0.995. The van der Waals surface area contributed by atoms with Crippen LogP contribution in [0, 0.1) is 0 Å². The number of hydrogen-bond acceptors (Lipinski definition) is 4. The first-order chi connectivity index (χ1) is 8.30. The Kier molecular flexibility index (Phi) is 4.18. The molecule has 1 heterocycles. The molecule has 0 aliphatic carbocycles. The summed E-state index contributed by atoms with van der Waals surface area (Å²) in [6, 6.07) is 1.01. The van der Waals surface area contributed by atoms with Gasteiger partial charge in [0, 0.05) is 12.7 Å². The zero-order valence-corrected chi connectivity index (χ0v) is 8.86. The number of halogens is 3. The largest absolute Gasteiger partial charge is 0.481 e. The number of carbonyl (C=O) groups excluding carboxylic acids is 1. The minimum atomic E-state index is -4.74. The van der Waals surface area contributed by atoms with Crippen LogP contribution in [-0.4, -0.2) is 33.5 Å². The fraction of sp³-hybridized carbons (Fsp3) is 0.333. The first-order valence-electron chi connectivity index (χ1n) is 4.71. The van der Waals surface area contributed by atoms with Crippen molar-refractivity contribution in [2.75, 3.05) is 6.54 Å². The van der Waals surface area contributed by atoms with Crippen molar-refractivity contribution in [1.29, 1.82) is 0 Å². The quantitative estimate of drug-likeness (QED) is 0.834. The number of nitrogens with one attached hydrogen (secondary N) is 1. The molecule has 6 nitrogen and oxygen atoms in total. The third-order valence-electron chi connectivity index (χ3n) is 1.77. The van der Waals surface area contributed by atoms with Gasteiger partial charge in [0.2, 0.25) is 5.82 Å². The highest BCUT2D eigenvalue weighted by Gasteiger charge is 2.35. The third kappa shape index (κ3) is 4.00. The molecule has 0 saturated carbocycles. The summed E-state index contributed by atoms with van der Waals surface area (Å²) < 4.78 is 36.8. The van der Waals surface area contributed by atoms with Gasteiger partial charge in [-0.25, -0.2) is 9.97 Å². The van der Waals surface area contributed by atoms with E-state index in [0.29, 0.717) is 0 Å². The summed E-state index contributed by atoms with van der Waals surface area (Å²) in [6.45, 7) is -0.195. The molecular weight excluding hydrogens is 255 g/mol. The van der Waals surface area contributed by atoms with Crippen LogP contribution in [0.15, 0.2) is 12.3 Å². The molecule has 0 radical (unpaired) electrons. The lowest BCUT2D eigenvalue weighted by molar-refractivity contribution is -0.145. The molecular formula is C9H8F3N3O3. The molecule has 1 aromatic heterocycles. The van der Waals surface area contributed by atoms with E-state index in [0.717, 1.165) is 12.3 Å². The molecule has 0 atom stereocenters. The summed E-state index contributed by atoms with van der Waals surface area (Å²) in [5.74, 6) is -3.44. The van der Waals surface area contributed by atoms with Crippen LogP contribution in [0.25, 0.3) is 0 Å². The number of aromatic nitrogens is 2. The van der Waals surface area contributed by atoms with E-state index in [2.05, 4.69) is 15.3 Å². The maximum Gasteiger partial charge on any atom is 0.451 e. The predicted octanol–water partition coefficient (Wildman–Crippen LogP) is 0.700. The number of amides is 1. The van der Waals surface area contributed by atoms with Gasteiger partial charge in [0.05, 0.1) is 6.42 Å². The van der Waals surface area contributed by atoms with Gasteiger partial charge in [0.15, 0.2) is 0 Å². The Morgan fingerprint density at radius 3 is 2.61 bits per heavy atom. The molecule has 9 heteroatoms. The van der Waals surface area contributed by atoms with Crippen molar-refractivity contribution in [3.05, 3.63) is 23.8 Å². The highest BCUT2D eigenvalue weighted by atomic mass is 19.4. The van der Waals surface area contributed by atoms with E-state index in [1.54, 1.807) is 0 Å². The molecule has 0 spiro atoms. The standard InChI is InChI=1S/C9H8F3N3O3/c10-9(11,12)8-14-3-1-5(15-8)7(18)13-4-2-6(16)17/h1,3H,2,4H2,(H,13,18)(H,16,17). The second kappa shape index (κ2) is 5.43. The number of hydrogen-bond donors (Lipinski definition) is 2. The van der Waals surface area contributed by atoms with E-state index in [-0.39, 0.29) is 13.0 Å². The van der Waals surface area contributed by atoms with Crippen LogP contribution >= 0.6 is 0 Å². The Hall–Kier alpha value is -2.19. The lowest BCUT2D eigenvalue weighted by Gasteiger charge is -2.06. The molecule has 0 aromatic carbocycles. The van der Waals surface area contributed by atoms with Gasteiger partial charge < -0.3 is 10.4 Å². The van der Waals surface area contributed by atoms with Crippen molar-refractivity contribution in [1.82, 2.24) is 15.3 Å². The Morgan fingerprint density at radius 2 is 2.06 bits per heavy atom. The number of carbonyl (C=O) groups is 2. The zero-order chi connectivity index (χ0) is 13.8. The van der Waals surface area contributed by atoms with E-state index >= 15 is 0 Å². The van der Waals surface area contributed by atoms with Crippen LogP contribution in [0.1, 0.15) is 22.7 Å². The molecule has 98 valence electrons. The molecule has 1 aromatic rings. The van der Waals surface area contributed by atoms with E-state index in [4.69, 9.17) is 5.11 Å². The molecule has 0 aliphatic heterocycles. The summed E-state index contributed by atoms with van der Waals surface area (Å²) in [6.07, 6.45) is -4.26. The normalized spacial score (nSPS) is 11.1. The summed E-state index contributed by atoms with van der Waals surface area (Å²) in [5, 5.41) is 10.5. The van der Waals surface area contributed by atoms with Gasteiger partial charge in [-0.05, 0) is 6.07 Å². The molecule has 0 bridgehead atoms. The van der Waals surface area contributed by atoms with Crippen LogP contribution in [-0.2, 0) is 11.0 Å². The second-order valence-corrected chi connectivity index (χ2v) is 3.16. The lowest BCUT2D eigenvalue weighted by atomic mass is 10.3. The second-order valence-electron chi connectivity index (χ2n) is 3.16. The smallest absolute Gasteiger partial charge is 0.451 e. The van der Waals surface area contributed by atoms with E-state index < -0.39 is 29.6 Å². The van der Waals surface area contributed by atoms with Gasteiger partial charge in [-0.2, -0.15) is 13.2 Å². The van der Waals surface area contributed by atoms with Gasteiger partial charge in [0.1, 0.15) is 5.69 Å². The zero-order valence-electron chi connectivity index (χ0n) is 8.86. The lowest BCUT2D eigenvalue weighted by Crippen LogP contribution is -2.27. The Bertz CT molecular complexity index is 462. The average molecular weight is 263 g/mol. The number of alkyl halides is 3. The highest BCUT2D eigenvalue weighted by Crippen LogP contribution is 2.25. The van der Waals surface area contributed by atoms with Crippen molar-refractivity contribution < 1.29 is 27.9 Å². The molecule has 0 saturated heterocycles. The maximum absolute atomic E-state index is 12.3. The molecule has 1 amide bonds. The molecule has 18 heavy (non-hydrogen) atoms. The number of nitrogens with zero attached hydrogens (tertiary/aromatic N) is 2. The Labute approximate surface area is 98.9 Å². The van der Waals surface area contributed by atoms with Crippen molar-refractivity contribution in [2.24, 2.45) is 0 Å². The number of carboxylic acids is 1. The minimum Gasteiger partial charge on any atom is -0.481 e. The van der Waals surface area contributed by atoms with E-state index in [1.807, 2.05) is 0 Å². The molecule has 0 aliphatic rings. The van der Waals surface area contributed by atoms with Gasteiger partial charge >= 0.3 is 12.1 Å². The number of rotatable bonds is 4. The summed E-state index contributed by atoms with van der Waals surface area (Å²) in [4.78, 5) is 27.6. The predicted molar refractivity (Wildman–Crippen MR) is 51.6 cm³/mol. The summed E-state index contributed by atoms with van der Waals surface area (Å²) in [7, 11) is 0. The Morgan fingerprint density at radius 1 is 1.39 bits per heavy atom. The van der Waals surface area contributed by atoms with Crippen molar-refractivity contribution in [2.45, 2.75) is 12.6 Å².